The van der Waals surface area contributed by atoms with Gasteiger partial charge in [0.05, 0.1) is 6.04 Å². The summed E-state index contributed by atoms with van der Waals surface area (Å²) < 4.78 is 34.4. The highest BCUT2D eigenvalue weighted by molar-refractivity contribution is 7.87. The van der Waals surface area contributed by atoms with Gasteiger partial charge in [-0.1, -0.05) is 24.6 Å². The molecule has 2 aliphatic rings. The van der Waals surface area contributed by atoms with E-state index in [0.717, 1.165) is 30.6 Å². The lowest BCUT2D eigenvalue weighted by Crippen LogP contribution is -2.45. The molecule has 1 atom stereocenters. The zero-order valence-electron chi connectivity index (χ0n) is 10.7. The van der Waals surface area contributed by atoms with Gasteiger partial charge in [0.25, 0.3) is 10.2 Å². The van der Waals surface area contributed by atoms with E-state index in [1.54, 1.807) is 0 Å². The summed E-state index contributed by atoms with van der Waals surface area (Å²) in [5.74, 6) is 0.772. The minimum atomic E-state index is -3.41. The molecule has 104 valence electrons. The van der Waals surface area contributed by atoms with Gasteiger partial charge in [-0.25, -0.2) is 0 Å². The Morgan fingerprint density at radius 1 is 1.16 bits per heavy atom. The summed E-state index contributed by atoms with van der Waals surface area (Å²) in [6, 6.07) is 7.29. The molecule has 0 amide bonds. The third kappa shape index (κ3) is 2.61. The van der Waals surface area contributed by atoms with E-state index in [4.69, 9.17) is 4.74 Å². The van der Waals surface area contributed by atoms with Gasteiger partial charge in [0.2, 0.25) is 0 Å². The maximum Gasteiger partial charge on any atom is 0.280 e. The fourth-order valence-corrected chi connectivity index (χ4v) is 4.06. The van der Waals surface area contributed by atoms with Crippen LogP contribution in [-0.2, 0) is 10.2 Å². The number of ether oxygens (including phenoxy) is 1. The SMILES string of the molecule is O=S(=O)(NC1COc2ccccc21)N1CCCCC1. The van der Waals surface area contributed by atoms with Crippen LogP contribution in [0.2, 0.25) is 0 Å². The van der Waals surface area contributed by atoms with Gasteiger partial charge >= 0.3 is 0 Å². The first-order valence-electron chi connectivity index (χ1n) is 6.66. The van der Waals surface area contributed by atoms with Crippen molar-refractivity contribution in [3.63, 3.8) is 0 Å². The molecule has 1 N–H and O–H groups in total. The van der Waals surface area contributed by atoms with Gasteiger partial charge in [0.15, 0.2) is 0 Å². The maximum atomic E-state index is 12.3. The van der Waals surface area contributed by atoms with Gasteiger partial charge in [0.1, 0.15) is 12.4 Å². The van der Waals surface area contributed by atoms with E-state index in [2.05, 4.69) is 4.72 Å². The van der Waals surface area contributed by atoms with Gasteiger partial charge < -0.3 is 4.74 Å². The van der Waals surface area contributed by atoms with E-state index in [-0.39, 0.29) is 6.04 Å². The average molecular weight is 282 g/mol. The molecule has 2 aliphatic heterocycles. The predicted molar refractivity (Wildman–Crippen MR) is 72.2 cm³/mol. The van der Waals surface area contributed by atoms with Crippen molar-refractivity contribution in [1.82, 2.24) is 9.03 Å². The Bertz CT molecular complexity index is 553. The van der Waals surface area contributed by atoms with E-state index >= 15 is 0 Å². The molecule has 1 saturated heterocycles. The molecule has 0 bridgehead atoms. The van der Waals surface area contributed by atoms with Crippen LogP contribution in [0.5, 0.6) is 5.75 Å². The standard InChI is InChI=1S/C13H18N2O3S/c16-19(17,15-8-4-1-5-9-15)14-12-10-18-13-7-3-2-6-11(12)13/h2-3,6-7,12,14H,1,4-5,8-10H2. The molecule has 1 unspecified atom stereocenters. The number of nitrogens with one attached hydrogen (secondary N) is 1. The molecule has 1 aromatic rings. The largest absolute Gasteiger partial charge is 0.491 e. The van der Waals surface area contributed by atoms with Crippen LogP contribution in [0.15, 0.2) is 24.3 Å². The van der Waals surface area contributed by atoms with E-state index < -0.39 is 10.2 Å². The van der Waals surface area contributed by atoms with Crippen LogP contribution in [0.4, 0.5) is 0 Å². The highest BCUT2D eigenvalue weighted by Gasteiger charge is 2.31. The number of piperidine rings is 1. The molecule has 0 spiro atoms. The summed E-state index contributed by atoms with van der Waals surface area (Å²) >= 11 is 0. The number of fused-ring (bicyclic) bond motifs is 1. The maximum absolute atomic E-state index is 12.3. The molecule has 3 rings (SSSR count). The minimum absolute atomic E-state index is 0.275. The quantitative estimate of drug-likeness (QED) is 0.912. The van der Waals surface area contributed by atoms with Crippen LogP contribution in [0.1, 0.15) is 30.9 Å². The number of nitrogens with zero attached hydrogens (tertiary/aromatic N) is 1. The summed E-state index contributed by atoms with van der Waals surface area (Å²) in [5.41, 5.74) is 0.920. The lowest BCUT2D eigenvalue weighted by atomic mass is 10.1. The molecule has 0 aliphatic carbocycles. The Kier molecular flexibility index (Phi) is 3.47. The Morgan fingerprint density at radius 2 is 1.89 bits per heavy atom. The molecule has 1 aromatic carbocycles. The summed E-state index contributed by atoms with van der Waals surface area (Å²) in [6.45, 7) is 1.60. The molecule has 1 fully saturated rings. The number of para-hydroxylation sites is 1. The molecule has 2 heterocycles. The van der Waals surface area contributed by atoms with Crippen molar-refractivity contribution in [2.45, 2.75) is 25.3 Å². The molecule has 6 heteroatoms. The van der Waals surface area contributed by atoms with Crippen molar-refractivity contribution in [2.75, 3.05) is 19.7 Å². The summed E-state index contributed by atoms with van der Waals surface area (Å²) in [6.07, 6.45) is 3.00. The van der Waals surface area contributed by atoms with Gasteiger partial charge in [-0.15, -0.1) is 0 Å². The zero-order chi connectivity index (χ0) is 13.3. The Morgan fingerprint density at radius 3 is 2.68 bits per heavy atom. The summed E-state index contributed by atoms with van der Waals surface area (Å²) in [5, 5.41) is 0. The van der Waals surface area contributed by atoms with E-state index in [1.807, 2.05) is 24.3 Å². The van der Waals surface area contributed by atoms with Crippen LogP contribution in [0.25, 0.3) is 0 Å². The van der Waals surface area contributed by atoms with Crippen molar-refractivity contribution in [3.8, 4) is 5.75 Å². The number of hydrogen-bond acceptors (Lipinski definition) is 3. The molecular formula is C13H18N2O3S. The highest BCUT2D eigenvalue weighted by Crippen LogP contribution is 2.32. The summed E-state index contributed by atoms with van der Waals surface area (Å²) in [7, 11) is -3.41. The van der Waals surface area contributed by atoms with Crippen molar-refractivity contribution >= 4 is 10.2 Å². The monoisotopic (exact) mass is 282 g/mol. The third-order valence-corrected chi connectivity index (χ3v) is 5.27. The van der Waals surface area contributed by atoms with Crippen LogP contribution < -0.4 is 9.46 Å². The number of benzene rings is 1. The van der Waals surface area contributed by atoms with Gasteiger partial charge in [-0.3, -0.25) is 0 Å². The van der Waals surface area contributed by atoms with Crippen molar-refractivity contribution in [3.05, 3.63) is 29.8 Å². The van der Waals surface area contributed by atoms with Crippen molar-refractivity contribution in [1.29, 1.82) is 0 Å². The minimum Gasteiger partial charge on any atom is -0.491 e. The van der Waals surface area contributed by atoms with E-state index in [0.29, 0.717) is 19.7 Å². The highest BCUT2D eigenvalue weighted by atomic mass is 32.2. The van der Waals surface area contributed by atoms with Crippen molar-refractivity contribution < 1.29 is 13.2 Å². The van der Waals surface area contributed by atoms with Crippen LogP contribution >= 0.6 is 0 Å². The van der Waals surface area contributed by atoms with Gasteiger partial charge in [0, 0.05) is 18.7 Å². The average Bonchev–Trinajstić information content (AvgIpc) is 2.83. The first-order valence-corrected chi connectivity index (χ1v) is 8.10. The number of hydrogen-bond donors (Lipinski definition) is 1. The normalized spacial score (nSPS) is 23.9. The first-order chi connectivity index (χ1) is 9.17. The van der Waals surface area contributed by atoms with Gasteiger partial charge in [-0.2, -0.15) is 17.4 Å². The molecule has 19 heavy (non-hydrogen) atoms. The second-order valence-corrected chi connectivity index (χ2v) is 6.69. The Hall–Kier alpha value is -1.11. The Labute approximate surface area is 113 Å². The van der Waals surface area contributed by atoms with E-state index in [9.17, 15) is 8.42 Å². The first kappa shape index (κ1) is 12.9. The second kappa shape index (κ2) is 5.11. The van der Waals surface area contributed by atoms with Gasteiger partial charge in [-0.05, 0) is 18.9 Å². The van der Waals surface area contributed by atoms with Crippen LogP contribution in [0, 0.1) is 0 Å². The van der Waals surface area contributed by atoms with E-state index in [1.165, 1.54) is 4.31 Å². The topological polar surface area (TPSA) is 58.6 Å². The molecule has 0 radical (unpaired) electrons. The van der Waals surface area contributed by atoms with Crippen LogP contribution in [0.3, 0.4) is 0 Å². The van der Waals surface area contributed by atoms with Crippen molar-refractivity contribution in [2.24, 2.45) is 0 Å². The Balaban J connectivity index is 1.75. The predicted octanol–water partition coefficient (Wildman–Crippen LogP) is 1.44. The van der Waals surface area contributed by atoms with Crippen LogP contribution in [-0.4, -0.2) is 32.4 Å². The lowest BCUT2D eigenvalue weighted by molar-refractivity contribution is 0.311. The number of rotatable bonds is 3. The second-order valence-electron chi connectivity index (χ2n) is 4.98. The molecule has 5 nitrogen and oxygen atoms in total. The molecule has 0 saturated carbocycles. The molecular weight excluding hydrogens is 264 g/mol. The molecule has 0 aromatic heterocycles. The zero-order valence-corrected chi connectivity index (χ0v) is 11.5. The lowest BCUT2D eigenvalue weighted by Gasteiger charge is -2.27. The fourth-order valence-electron chi connectivity index (χ4n) is 2.62. The smallest absolute Gasteiger partial charge is 0.280 e. The third-order valence-electron chi connectivity index (χ3n) is 3.65. The fraction of sp³-hybridized carbons (Fsp3) is 0.538. The summed E-state index contributed by atoms with van der Waals surface area (Å²) in [4.78, 5) is 0.